The summed E-state index contributed by atoms with van der Waals surface area (Å²) in [7, 11) is 1.56. The number of carbonyl (C=O) groups is 2. The lowest BCUT2D eigenvalue weighted by Crippen LogP contribution is -2.30. The SMILES string of the molecule is CCCCCOc1ccc(/C(O)=C2\C(=O)C(=O)N(c3cc(C)ccc3C)C2c2cccc(OC)c2)cc1. The lowest BCUT2D eigenvalue weighted by atomic mass is 9.94. The number of methoxy groups -OCH3 is 1. The molecule has 0 radical (unpaired) electrons. The third-order valence-corrected chi connectivity index (χ3v) is 6.62. The first kappa shape index (κ1) is 26.0. The van der Waals surface area contributed by atoms with Crippen molar-refractivity contribution in [3.05, 3.63) is 94.6 Å². The van der Waals surface area contributed by atoms with Gasteiger partial charge in [-0.2, -0.15) is 0 Å². The molecule has 37 heavy (non-hydrogen) atoms. The zero-order valence-electron chi connectivity index (χ0n) is 21.8. The monoisotopic (exact) mass is 499 g/mol. The van der Waals surface area contributed by atoms with Gasteiger partial charge in [-0.15, -0.1) is 0 Å². The number of aliphatic hydroxyl groups excluding tert-OH is 1. The van der Waals surface area contributed by atoms with Crippen LogP contribution in [0.3, 0.4) is 0 Å². The molecule has 1 aliphatic heterocycles. The summed E-state index contributed by atoms with van der Waals surface area (Å²) in [5.41, 5.74) is 3.58. The summed E-state index contributed by atoms with van der Waals surface area (Å²) in [5.74, 6) is -0.358. The standard InChI is InChI=1S/C31H33NO5/c1-5-6-7-17-37-24-15-13-22(14-16-24)29(33)27-28(23-9-8-10-25(19-23)36-4)32(31(35)30(27)34)26-18-20(2)11-12-21(26)3/h8-16,18-19,28,33H,5-7,17H2,1-4H3/b29-27+. The first-order valence-electron chi connectivity index (χ1n) is 12.6. The molecular formula is C31H33NO5. The fourth-order valence-corrected chi connectivity index (χ4v) is 4.59. The number of hydrogen-bond donors (Lipinski definition) is 1. The Morgan fingerprint density at radius 3 is 2.41 bits per heavy atom. The lowest BCUT2D eigenvalue weighted by molar-refractivity contribution is -0.132. The minimum absolute atomic E-state index is 0.0378. The fraction of sp³-hybridized carbons (Fsp3) is 0.290. The topological polar surface area (TPSA) is 76.1 Å². The average Bonchev–Trinajstić information content (AvgIpc) is 3.18. The predicted octanol–water partition coefficient (Wildman–Crippen LogP) is 6.51. The highest BCUT2D eigenvalue weighted by molar-refractivity contribution is 6.51. The van der Waals surface area contributed by atoms with Gasteiger partial charge in [0.15, 0.2) is 0 Å². The van der Waals surface area contributed by atoms with Crippen molar-refractivity contribution >= 4 is 23.1 Å². The van der Waals surface area contributed by atoms with E-state index in [0.717, 1.165) is 30.4 Å². The minimum atomic E-state index is -0.819. The number of anilines is 1. The van der Waals surface area contributed by atoms with Gasteiger partial charge >= 0.3 is 0 Å². The molecule has 0 saturated carbocycles. The summed E-state index contributed by atoms with van der Waals surface area (Å²) in [6.07, 6.45) is 3.19. The number of ketones is 1. The first-order valence-corrected chi connectivity index (χ1v) is 12.6. The van der Waals surface area contributed by atoms with E-state index in [4.69, 9.17) is 9.47 Å². The van der Waals surface area contributed by atoms with E-state index in [9.17, 15) is 14.7 Å². The molecular weight excluding hydrogens is 466 g/mol. The third-order valence-electron chi connectivity index (χ3n) is 6.62. The van der Waals surface area contributed by atoms with E-state index >= 15 is 0 Å². The van der Waals surface area contributed by atoms with Gasteiger partial charge in [0.1, 0.15) is 17.3 Å². The highest BCUT2D eigenvalue weighted by Crippen LogP contribution is 2.44. The molecule has 0 bridgehead atoms. The van der Waals surface area contributed by atoms with Crippen LogP contribution in [-0.4, -0.2) is 30.5 Å². The van der Waals surface area contributed by atoms with E-state index in [2.05, 4.69) is 6.92 Å². The number of hydrogen-bond acceptors (Lipinski definition) is 5. The normalized spacial score (nSPS) is 16.8. The number of carbonyl (C=O) groups excluding carboxylic acids is 2. The zero-order valence-corrected chi connectivity index (χ0v) is 21.8. The van der Waals surface area contributed by atoms with Crippen LogP contribution in [0.25, 0.3) is 5.76 Å². The summed E-state index contributed by atoms with van der Waals surface area (Å²) in [6, 6.07) is 19.1. The Balaban J connectivity index is 1.81. The van der Waals surface area contributed by atoms with Crippen LogP contribution in [0, 0.1) is 13.8 Å². The predicted molar refractivity (Wildman–Crippen MR) is 145 cm³/mol. The highest BCUT2D eigenvalue weighted by atomic mass is 16.5. The van der Waals surface area contributed by atoms with Crippen LogP contribution in [0.2, 0.25) is 0 Å². The van der Waals surface area contributed by atoms with Crippen molar-refractivity contribution in [2.75, 3.05) is 18.6 Å². The van der Waals surface area contributed by atoms with Crippen LogP contribution >= 0.6 is 0 Å². The molecule has 1 saturated heterocycles. The van der Waals surface area contributed by atoms with Gasteiger partial charge in [-0.05, 0) is 79.4 Å². The molecule has 4 rings (SSSR count). The van der Waals surface area contributed by atoms with Crippen molar-refractivity contribution in [3.8, 4) is 11.5 Å². The van der Waals surface area contributed by atoms with Crippen molar-refractivity contribution in [1.82, 2.24) is 0 Å². The number of aliphatic hydroxyl groups is 1. The van der Waals surface area contributed by atoms with Gasteiger partial charge in [0, 0.05) is 11.3 Å². The van der Waals surface area contributed by atoms with Gasteiger partial charge in [0.05, 0.1) is 25.3 Å². The molecule has 1 unspecified atom stereocenters. The molecule has 1 atom stereocenters. The number of benzene rings is 3. The minimum Gasteiger partial charge on any atom is -0.507 e. The van der Waals surface area contributed by atoms with E-state index in [0.29, 0.717) is 34.9 Å². The number of rotatable bonds is 9. The molecule has 1 amide bonds. The van der Waals surface area contributed by atoms with Gasteiger partial charge < -0.3 is 14.6 Å². The molecule has 1 heterocycles. The quantitative estimate of drug-likeness (QED) is 0.157. The molecule has 6 nitrogen and oxygen atoms in total. The molecule has 0 aromatic heterocycles. The molecule has 3 aromatic carbocycles. The number of Topliss-reactive ketones (excluding diaryl/α,β-unsaturated/α-hetero) is 1. The Bertz CT molecular complexity index is 1330. The first-order chi connectivity index (χ1) is 17.8. The average molecular weight is 500 g/mol. The summed E-state index contributed by atoms with van der Waals surface area (Å²) in [6.45, 7) is 6.60. The zero-order chi connectivity index (χ0) is 26.5. The summed E-state index contributed by atoms with van der Waals surface area (Å²) in [4.78, 5) is 28.4. The van der Waals surface area contributed by atoms with Crippen LogP contribution in [0.4, 0.5) is 5.69 Å². The van der Waals surface area contributed by atoms with Crippen LogP contribution in [-0.2, 0) is 9.59 Å². The van der Waals surface area contributed by atoms with Crippen molar-refractivity contribution < 1.29 is 24.2 Å². The maximum Gasteiger partial charge on any atom is 0.300 e. The maximum absolute atomic E-state index is 13.5. The molecule has 192 valence electrons. The van der Waals surface area contributed by atoms with Crippen molar-refractivity contribution in [2.24, 2.45) is 0 Å². The van der Waals surface area contributed by atoms with E-state index in [1.807, 2.05) is 44.2 Å². The van der Waals surface area contributed by atoms with Gasteiger partial charge in [-0.3, -0.25) is 14.5 Å². The fourth-order valence-electron chi connectivity index (χ4n) is 4.59. The van der Waals surface area contributed by atoms with E-state index in [1.165, 1.54) is 4.90 Å². The van der Waals surface area contributed by atoms with Crippen LogP contribution < -0.4 is 14.4 Å². The Morgan fingerprint density at radius 2 is 1.70 bits per heavy atom. The van der Waals surface area contributed by atoms with Crippen LogP contribution in [0.1, 0.15) is 54.5 Å². The Labute approximate surface area is 218 Å². The van der Waals surface area contributed by atoms with Gasteiger partial charge in [-0.25, -0.2) is 0 Å². The van der Waals surface area contributed by atoms with Crippen molar-refractivity contribution in [3.63, 3.8) is 0 Å². The summed E-state index contributed by atoms with van der Waals surface area (Å²) in [5, 5.41) is 11.4. The molecule has 1 N–H and O–H groups in total. The van der Waals surface area contributed by atoms with E-state index in [1.54, 1.807) is 43.5 Å². The summed E-state index contributed by atoms with van der Waals surface area (Å²) >= 11 is 0. The van der Waals surface area contributed by atoms with Gasteiger partial charge in [-0.1, -0.05) is 44.0 Å². The molecule has 1 fully saturated rings. The smallest absolute Gasteiger partial charge is 0.300 e. The second-order valence-corrected chi connectivity index (χ2v) is 9.32. The Hall–Kier alpha value is -4.06. The number of unbranched alkanes of at least 4 members (excludes halogenated alkanes) is 2. The number of aryl methyl sites for hydroxylation is 2. The van der Waals surface area contributed by atoms with Crippen LogP contribution in [0.5, 0.6) is 11.5 Å². The Morgan fingerprint density at radius 1 is 0.946 bits per heavy atom. The van der Waals surface area contributed by atoms with Gasteiger partial charge in [0.2, 0.25) is 0 Å². The van der Waals surface area contributed by atoms with Gasteiger partial charge in [0.25, 0.3) is 11.7 Å². The van der Waals surface area contributed by atoms with E-state index in [-0.39, 0.29) is 11.3 Å². The number of nitrogens with zero attached hydrogens (tertiary/aromatic N) is 1. The number of amides is 1. The van der Waals surface area contributed by atoms with Crippen molar-refractivity contribution in [2.45, 2.75) is 46.1 Å². The number of ether oxygens (including phenoxy) is 2. The van der Waals surface area contributed by atoms with Crippen LogP contribution in [0.15, 0.2) is 72.3 Å². The molecule has 0 aliphatic carbocycles. The maximum atomic E-state index is 13.5. The second-order valence-electron chi connectivity index (χ2n) is 9.32. The van der Waals surface area contributed by atoms with E-state index < -0.39 is 17.7 Å². The molecule has 1 aliphatic rings. The third kappa shape index (κ3) is 5.38. The largest absolute Gasteiger partial charge is 0.507 e. The molecule has 6 heteroatoms. The molecule has 0 spiro atoms. The molecule has 3 aromatic rings. The summed E-state index contributed by atoms with van der Waals surface area (Å²) < 4.78 is 11.2. The second kappa shape index (κ2) is 11.3. The highest BCUT2D eigenvalue weighted by Gasteiger charge is 2.47. The lowest BCUT2D eigenvalue weighted by Gasteiger charge is -2.27. The Kier molecular flexibility index (Phi) is 7.97. The van der Waals surface area contributed by atoms with Crippen molar-refractivity contribution in [1.29, 1.82) is 0 Å².